The molecular formula is C31H33ClF3N3O3. The lowest BCUT2D eigenvalue weighted by Gasteiger charge is -2.37. The van der Waals surface area contributed by atoms with E-state index < -0.39 is 24.4 Å². The molecule has 218 valence electrons. The maximum absolute atomic E-state index is 12.8. The number of hydrogen-bond acceptors (Lipinski definition) is 5. The van der Waals surface area contributed by atoms with Crippen molar-refractivity contribution in [3.63, 3.8) is 0 Å². The van der Waals surface area contributed by atoms with Crippen LogP contribution in [0, 0.1) is 0 Å². The van der Waals surface area contributed by atoms with Gasteiger partial charge < -0.3 is 19.7 Å². The standard InChI is InChI=1S/C31H33ClF3N3O3/c1-40-28-13-12-22(32)20-27(28)38-18-16-37(17-19-38)15-7-6-14-30(41-29(39)36-21-31(33,34)35)25-10-4-2-8-23(25)24-9-3-5-11-26(24)30/h2-5,8-13,20H,6-7,14-19,21H2,1H3,(H,36,39). The van der Waals surface area contributed by atoms with Gasteiger partial charge in [-0.25, -0.2) is 4.79 Å². The van der Waals surface area contributed by atoms with Crippen molar-refractivity contribution in [2.24, 2.45) is 0 Å². The Morgan fingerprint density at radius 3 is 2.20 bits per heavy atom. The predicted octanol–water partition coefficient (Wildman–Crippen LogP) is 6.85. The Hall–Kier alpha value is -3.43. The van der Waals surface area contributed by atoms with E-state index in [0.29, 0.717) is 11.4 Å². The van der Waals surface area contributed by atoms with E-state index in [4.69, 9.17) is 21.1 Å². The van der Waals surface area contributed by atoms with Gasteiger partial charge in [0.15, 0.2) is 5.60 Å². The van der Waals surface area contributed by atoms with Crippen LogP contribution in [-0.4, -0.2) is 63.5 Å². The number of fused-ring (bicyclic) bond motifs is 3. The number of nitrogens with zero attached hydrogens (tertiary/aromatic N) is 2. The normalized spacial score (nSPS) is 16.2. The fourth-order valence-corrected chi connectivity index (χ4v) is 6.08. The number of amides is 1. The van der Waals surface area contributed by atoms with E-state index in [-0.39, 0.29) is 0 Å². The minimum absolute atomic E-state index is 0.458. The summed E-state index contributed by atoms with van der Waals surface area (Å²) in [5, 5.41) is 2.56. The number of rotatable bonds is 9. The molecule has 3 aromatic rings. The van der Waals surface area contributed by atoms with Crippen LogP contribution in [0.2, 0.25) is 5.02 Å². The number of carbonyl (C=O) groups excluding carboxylic acids is 1. The van der Waals surface area contributed by atoms with Gasteiger partial charge in [0.25, 0.3) is 0 Å². The van der Waals surface area contributed by atoms with Crippen molar-refractivity contribution in [3.8, 4) is 16.9 Å². The van der Waals surface area contributed by atoms with E-state index in [9.17, 15) is 18.0 Å². The molecule has 1 heterocycles. The van der Waals surface area contributed by atoms with Crippen LogP contribution >= 0.6 is 11.6 Å². The van der Waals surface area contributed by atoms with E-state index in [1.807, 2.05) is 72.0 Å². The summed E-state index contributed by atoms with van der Waals surface area (Å²) in [7, 11) is 1.65. The van der Waals surface area contributed by atoms with Gasteiger partial charge in [0.05, 0.1) is 12.8 Å². The summed E-state index contributed by atoms with van der Waals surface area (Å²) < 4.78 is 49.9. The molecule has 1 aliphatic heterocycles. The average molecular weight is 588 g/mol. The molecule has 1 N–H and O–H groups in total. The maximum atomic E-state index is 12.8. The third-order valence-corrected chi connectivity index (χ3v) is 8.06. The molecular weight excluding hydrogens is 555 g/mol. The lowest BCUT2D eigenvalue weighted by molar-refractivity contribution is -0.124. The number of alkyl carbamates (subject to hydrolysis) is 1. The maximum Gasteiger partial charge on any atom is 0.408 e. The summed E-state index contributed by atoms with van der Waals surface area (Å²) >= 11 is 6.23. The van der Waals surface area contributed by atoms with Gasteiger partial charge in [-0.05, 0) is 55.1 Å². The molecule has 0 spiro atoms. The third kappa shape index (κ3) is 6.41. The summed E-state index contributed by atoms with van der Waals surface area (Å²) in [5.74, 6) is 0.796. The monoisotopic (exact) mass is 587 g/mol. The molecule has 0 aromatic heterocycles. The van der Waals surface area contributed by atoms with E-state index in [0.717, 1.165) is 79.3 Å². The highest BCUT2D eigenvalue weighted by Crippen LogP contribution is 2.52. The van der Waals surface area contributed by atoms with Crippen LogP contribution in [0.1, 0.15) is 30.4 Å². The number of benzene rings is 3. The number of alkyl halides is 3. The van der Waals surface area contributed by atoms with Crippen molar-refractivity contribution in [1.82, 2.24) is 10.2 Å². The highest BCUT2D eigenvalue weighted by Gasteiger charge is 2.46. The molecule has 0 bridgehead atoms. The Morgan fingerprint density at radius 1 is 0.951 bits per heavy atom. The molecule has 0 atom stereocenters. The van der Waals surface area contributed by atoms with Crippen LogP contribution in [0.5, 0.6) is 5.75 Å². The van der Waals surface area contributed by atoms with Crippen molar-refractivity contribution < 1.29 is 27.4 Å². The molecule has 0 saturated carbocycles. The molecule has 10 heteroatoms. The Balaban J connectivity index is 1.25. The molecule has 6 nitrogen and oxygen atoms in total. The number of methoxy groups -OCH3 is 1. The van der Waals surface area contributed by atoms with Crippen molar-refractivity contribution in [2.45, 2.75) is 31.0 Å². The van der Waals surface area contributed by atoms with Crippen LogP contribution in [0.15, 0.2) is 66.7 Å². The molecule has 1 fully saturated rings. The van der Waals surface area contributed by atoms with E-state index in [2.05, 4.69) is 9.80 Å². The van der Waals surface area contributed by atoms with Gasteiger partial charge in [-0.2, -0.15) is 13.2 Å². The van der Waals surface area contributed by atoms with E-state index in [1.54, 1.807) is 7.11 Å². The Morgan fingerprint density at radius 2 is 1.59 bits per heavy atom. The van der Waals surface area contributed by atoms with Gasteiger partial charge in [0.1, 0.15) is 12.3 Å². The molecule has 5 rings (SSSR count). The molecule has 1 aliphatic carbocycles. The average Bonchev–Trinajstić information content (AvgIpc) is 3.24. The van der Waals surface area contributed by atoms with Crippen LogP contribution in [0.3, 0.4) is 0 Å². The highest BCUT2D eigenvalue weighted by atomic mass is 35.5. The van der Waals surface area contributed by atoms with Gasteiger partial charge in [-0.1, -0.05) is 60.1 Å². The molecule has 0 unspecified atom stereocenters. The zero-order valence-corrected chi connectivity index (χ0v) is 23.6. The Kier molecular flexibility index (Phi) is 8.66. The SMILES string of the molecule is COc1ccc(Cl)cc1N1CCN(CCCCC2(OC(=O)NCC(F)(F)F)c3ccccc3-c3ccccc32)CC1. The number of carbonyl (C=O) groups is 1. The fourth-order valence-electron chi connectivity index (χ4n) is 5.91. The first-order chi connectivity index (χ1) is 19.7. The lowest BCUT2D eigenvalue weighted by Crippen LogP contribution is -2.46. The van der Waals surface area contributed by atoms with Crippen molar-refractivity contribution in [1.29, 1.82) is 0 Å². The number of halogens is 4. The minimum atomic E-state index is -4.53. The molecule has 1 amide bonds. The van der Waals surface area contributed by atoms with Gasteiger partial charge in [-0.15, -0.1) is 0 Å². The first-order valence-corrected chi connectivity index (χ1v) is 14.1. The third-order valence-electron chi connectivity index (χ3n) is 7.82. The van der Waals surface area contributed by atoms with Gasteiger partial charge in [-0.3, -0.25) is 4.90 Å². The van der Waals surface area contributed by atoms with Gasteiger partial charge >= 0.3 is 12.3 Å². The van der Waals surface area contributed by atoms with Crippen LogP contribution in [0.25, 0.3) is 11.1 Å². The number of piperazine rings is 1. The number of unbranched alkanes of at least 4 members (excludes halogenated alkanes) is 1. The first kappa shape index (κ1) is 29.1. The topological polar surface area (TPSA) is 54.0 Å². The van der Waals surface area contributed by atoms with Gasteiger partial charge in [0.2, 0.25) is 0 Å². The quantitative estimate of drug-likeness (QED) is 0.277. The Bertz CT molecular complexity index is 1330. The van der Waals surface area contributed by atoms with Crippen molar-refractivity contribution >= 4 is 23.4 Å². The van der Waals surface area contributed by atoms with Crippen molar-refractivity contribution in [2.75, 3.05) is 51.3 Å². The zero-order valence-electron chi connectivity index (χ0n) is 22.8. The number of hydrogen-bond donors (Lipinski definition) is 1. The summed E-state index contributed by atoms with van der Waals surface area (Å²) in [6.07, 6.45) is -3.58. The van der Waals surface area contributed by atoms with Crippen molar-refractivity contribution in [3.05, 3.63) is 82.9 Å². The summed E-state index contributed by atoms with van der Waals surface area (Å²) in [6.45, 7) is 2.85. The van der Waals surface area contributed by atoms with E-state index >= 15 is 0 Å². The molecule has 3 aromatic carbocycles. The largest absolute Gasteiger partial charge is 0.495 e. The molecule has 2 aliphatic rings. The van der Waals surface area contributed by atoms with Crippen LogP contribution in [0.4, 0.5) is 23.7 Å². The fraction of sp³-hybridized carbons (Fsp3) is 0.387. The second kappa shape index (κ2) is 12.2. The number of ether oxygens (including phenoxy) is 2. The summed E-state index contributed by atoms with van der Waals surface area (Å²) in [4.78, 5) is 17.4. The number of nitrogens with one attached hydrogen (secondary N) is 1. The van der Waals surface area contributed by atoms with E-state index in [1.165, 1.54) is 0 Å². The second-order valence-electron chi connectivity index (χ2n) is 10.4. The van der Waals surface area contributed by atoms with Gasteiger partial charge in [0, 0.05) is 42.3 Å². The minimum Gasteiger partial charge on any atom is -0.495 e. The van der Waals surface area contributed by atoms with Crippen LogP contribution < -0.4 is 15.0 Å². The summed E-state index contributed by atoms with van der Waals surface area (Å²) in [6, 6.07) is 20.9. The predicted molar refractivity (Wildman–Crippen MR) is 154 cm³/mol. The first-order valence-electron chi connectivity index (χ1n) is 13.7. The molecule has 0 radical (unpaired) electrons. The summed E-state index contributed by atoms with van der Waals surface area (Å²) in [5.41, 5.74) is 3.28. The molecule has 41 heavy (non-hydrogen) atoms. The Labute approximate surface area is 243 Å². The lowest BCUT2D eigenvalue weighted by atomic mass is 9.86. The second-order valence-corrected chi connectivity index (χ2v) is 10.8. The molecule has 1 saturated heterocycles. The highest BCUT2D eigenvalue weighted by molar-refractivity contribution is 6.30. The van der Waals surface area contributed by atoms with Crippen LogP contribution in [-0.2, 0) is 10.3 Å². The smallest absolute Gasteiger partial charge is 0.408 e. The number of anilines is 1. The zero-order chi connectivity index (χ0) is 29.0.